The summed E-state index contributed by atoms with van der Waals surface area (Å²) in [6, 6.07) is 3.55. The molecule has 1 rings (SSSR count). The summed E-state index contributed by atoms with van der Waals surface area (Å²) in [7, 11) is 1.51. The molecule has 1 N–H and O–H groups in total. The van der Waals surface area contributed by atoms with Crippen molar-refractivity contribution < 1.29 is 22.3 Å². The Labute approximate surface area is 103 Å². The van der Waals surface area contributed by atoms with Crippen LogP contribution in [0.2, 0.25) is 0 Å². The van der Waals surface area contributed by atoms with Crippen molar-refractivity contribution in [2.24, 2.45) is 0 Å². The summed E-state index contributed by atoms with van der Waals surface area (Å²) in [5.41, 5.74) is -2.29. The van der Waals surface area contributed by atoms with Gasteiger partial charge in [-0.05, 0) is 32.0 Å². The molecule has 0 unspecified atom stereocenters. The average Bonchev–Trinajstić information content (AvgIpc) is 2.24. The van der Waals surface area contributed by atoms with Gasteiger partial charge in [0.25, 0.3) is 0 Å². The fourth-order valence-corrected chi connectivity index (χ4v) is 1.28. The zero-order valence-corrected chi connectivity index (χ0v) is 10.4. The van der Waals surface area contributed by atoms with Crippen molar-refractivity contribution in [2.75, 3.05) is 19.0 Å². The van der Waals surface area contributed by atoms with Crippen LogP contribution in [0.25, 0.3) is 0 Å². The zero-order valence-electron chi connectivity index (χ0n) is 10.4. The Hall–Kier alpha value is -1.46. The van der Waals surface area contributed by atoms with E-state index in [1.165, 1.54) is 33.0 Å². The lowest BCUT2D eigenvalue weighted by atomic mass is 10.1. The van der Waals surface area contributed by atoms with Gasteiger partial charge in [-0.25, -0.2) is 4.39 Å². The normalized spacial score (nSPS) is 12.4. The van der Waals surface area contributed by atoms with Crippen LogP contribution in [0.15, 0.2) is 18.2 Å². The lowest BCUT2D eigenvalue weighted by Gasteiger charge is -2.19. The SMILES string of the molecule is CNc1ccc(OCC(C)(C)F)c(C(F)(F)F)c1. The Morgan fingerprint density at radius 1 is 1.17 bits per heavy atom. The van der Waals surface area contributed by atoms with Gasteiger partial charge in [0.15, 0.2) is 0 Å². The van der Waals surface area contributed by atoms with Crippen LogP contribution in [0.3, 0.4) is 0 Å². The first-order valence-electron chi connectivity index (χ1n) is 5.34. The topological polar surface area (TPSA) is 21.3 Å². The second kappa shape index (κ2) is 5.04. The van der Waals surface area contributed by atoms with E-state index in [2.05, 4.69) is 5.32 Å². The van der Waals surface area contributed by atoms with Gasteiger partial charge in [0, 0.05) is 12.7 Å². The molecule has 0 saturated heterocycles. The van der Waals surface area contributed by atoms with Gasteiger partial charge in [0.1, 0.15) is 18.0 Å². The average molecular weight is 265 g/mol. The molecule has 0 aromatic heterocycles. The molecule has 0 bridgehead atoms. The maximum Gasteiger partial charge on any atom is 0.420 e. The minimum absolute atomic E-state index is 0.314. The molecule has 6 heteroatoms. The van der Waals surface area contributed by atoms with Gasteiger partial charge in [-0.3, -0.25) is 0 Å². The Morgan fingerprint density at radius 2 is 1.78 bits per heavy atom. The van der Waals surface area contributed by atoms with E-state index in [4.69, 9.17) is 4.74 Å². The Balaban J connectivity index is 3.03. The minimum atomic E-state index is -4.54. The van der Waals surface area contributed by atoms with Gasteiger partial charge < -0.3 is 10.1 Å². The summed E-state index contributed by atoms with van der Waals surface area (Å²) in [5.74, 6) is -0.368. The third-order valence-corrected chi connectivity index (χ3v) is 2.14. The van der Waals surface area contributed by atoms with Crippen LogP contribution in [0.1, 0.15) is 19.4 Å². The molecule has 0 heterocycles. The molecule has 102 valence electrons. The Bertz CT molecular complexity index is 410. The maximum atomic E-state index is 13.2. The summed E-state index contributed by atoms with van der Waals surface area (Å²) >= 11 is 0. The first-order chi connectivity index (χ1) is 8.13. The summed E-state index contributed by atoms with van der Waals surface area (Å²) in [6.45, 7) is 2.04. The predicted octanol–water partition coefficient (Wildman–Crippen LogP) is 3.87. The van der Waals surface area contributed by atoms with Crippen molar-refractivity contribution in [1.82, 2.24) is 0 Å². The number of nitrogens with one attached hydrogen (secondary N) is 1. The Kier molecular flexibility index (Phi) is 4.09. The van der Waals surface area contributed by atoms with E-state index in [1.54, 1.807) is 0 Å². The van der Waals surface area contributed by atoms with E-state index < -0.39 is 24.0 Å². The predicted molar refractivity (Wildman–Crippen MR) is 61.7 cm³/mol. The van der Waals surface area contributed by atoms with E-state index in [0.29, 0.717) is 5.69 Å². The van der Waals surface area contributed by atoms with E-state index in [9.17, 15) is 17.6 Å². The number of hydrogen-bond donors (Lipinski definition) is 1. The van der Waals surface area contributed by atoms with E-state index in [0.717, 1.165) is 6.07 Å². The monoisotopic (exact) mass is 265 g/mol. The van der Waals surface area contributed by atoms with Gasteiger partial charge in [0.05, 0.1) is 5.56 Å². The van der Waals surface area contributed by atoms with Gasteiger partial charge in [-0.1, -0.05) is 0 Å². The zero-order chi connectivity index (χ0) is 14.0. The van der Waals surface area contributed by atoms with E-state index >= 15 is 0 Å². The molecular weight excluding hydrogens is 250 g/mol. The highest BCUT2D eigenvalue weighted by atomic mass is 19.4. The molecule has 2 nitrogen and oxygen atoms in total. The molecule has 0 aliphatic heterocycles. The fourth-order valence-electron chi connectivity index (χ4n) is 1.28. The van der Waals surface area contributed by atoms with E-state index in [1.807, 2.05) is 0 Å². The summed E-state index contributed by atoms with van der Waals surface area (Å²) in [4.78, 5) is 0. The van der Waals surface area contributed by atoms with Crippen LogP contribution in [-0.4, -0.2) is 19.3 Å². The molecule has 1 aromatic rings. The van der Waals surface area contributed by atoms with Crippen molar-refractivity contribution >= 4 is 5.69 Å². The van der Waals surface area contributed by atoms with Crippen LogP contribution < -0.4 is 10.1 Å². The van der Waals surface area contributed by atoms with Crippen LogP contribution in [0, 0.1) is 0 Å². The lowest BCUT2D eigenvalue weighted by Crippen LogP contribution is -2.23. The maximum absolute atomic E-state index is 13.2. The van der Waals surface area contributed by atoms with Crippen LogP contribution in [0.4, 0.5) is 23.2 Å². The smallest absolute Gasteiger partial charge is 0.420 e. The molecule has 18 heavy (non-hydrogen) atoms. The van der Waals surface area contributed by atoms with Gasteiger partial charge >= 0.3 is 6.18 Å². The number of halogens is 4. The number of anilines is 1. The van der Waals surface area contributed by atoms with Crippen molar-refractivity contribution in [2.45, 2.75) is 25.7 Å². The van der Waals surface area contributed by atoms with Crippen molar-refractivity contribution in [3.05, 3.63) is 23.8 Å². The highest BCUT2D eigenvalue weighted by molar-refractivity contribution is 5.51. The lowest BCUT2D eigenvalue weighted by molar-refractivity contribution is -0.139. The molecule has 0 radical (unpaired) electrons. The molecule has 0 spiro atoms. The highest BCUT2D eigenvalue weighted by Crippen LogP contribution is 2.38. The van der Waals surface area contributed by atoms with Gasteiger partial charge in [0.2, 0.25) is 0 Å². The standard InChI is InChI=1S/C12H15F4NO/c1-11(2,13)7-18-10-5-4-8(17-3)6-9(10)12(14,15)16/h4-6,17H,7H2,1-3H3. The fraction of sp³-hybridized carbons (Fsp3) is 0.500. The second-order valence-corrected chi connectivity index (χ2v) is 4.47. The molecule has 0 aliphatic carbocycles. The number of rotatable bonds is 4. The summed E-state index contributed by atoms with van der Waals surface area (Å²) in [6.07, 6.45) is -4.54. The van der Waals surface area contributed by atoms with Crippen molar-refractivity contribution in [3.63, 3.8) is 0 Å². The third kappa shape index (κ3) is 4.09. The molecule has 1 aromatic carbocycles. The second-order valence-electron chi connectivity index (χ2n) is 4.47. The number of hydrogen-bond acceptors (Lipinski definition) is 2. The van der Waals surface area contributed by atoms with Crippen LogP contribution >= 0.6 is 0 Å². The molecule has 0 amide bonds. The summed E-state index contributed by atoms with van der Waals surface area (Å²) < 4.78 is 56.5. The number of alkyl halides is 4. The molecule has 0 fully saturated rings. The van der Waals surface area contributed by atoms with E-state index in [-0.39, 0.29) is 5.75 Å². The largest absolute Gasteiger partial charge is 0.490 e. The Morgan fingerprint density at radius 3 is 2.22 bits per heavy atom. The highest BCUT2D eigenvalue weighted by Gasteiger charge is 2.35. The van der Waals surface area contributed by atoms with Gasteiger partial charge in [-0.2, -0.15) is 13.2 Å². The minimum Gasteiger partial charge on any atom is -0.490 e. The summed E-state index contributed by atoms with van der Waals surface area (Å²) in [5, 5.41) is 2.61. The third-order valence-electron chi connectivity index (χ3n) is 2.14. The number of benzene rings is 1. The van der Waals surface area contributed by atoms with Crippen molar-refractivity contribution in [1.29, 1.82) is 0 Å². The first kappa shape index (κ1) is 14.6. The molecule has 0 aliphatic rings. The first-order valence-corrected chi connectivity index (χ1v) is 5.34. The van der Waals surface area contributed by atoms with Crippen LogP contribution in [0.5, 0.6) is 5.75 Å². The molecule has 0 atom stereocenters. The molecule has 0 saturated carbocycles. The quantitative estimate of drug-likeness (QED) is 0.834. The number of ether oxygens (including phenoxy) is 1. The van der Waals surface area contributed by atoms with Crippen LogP contribution in [-0.2, 0) is 6.18 Å². The van der Waals surface area contributed by atoms with Gasteiger partial charge in [-0.15, -0.1) is 0 Å². The molecular formula is C12H15F4NO. The van der Waals surface area contributed by atoms with Crippen molar-refractivity contribution in [3.8, 4) is 5.75 Å².